The van der Waals surface area contributed by atoms with E-state index in [1.54, 1.807) is 36.4 Å². The van der Waals surface area contributed by atoms with Gasteiger partial charge in [-0.15, -0.1) is 0 Å². The smallest absolute Gasteiger partial charge is 0.335 e. The molecular weight excluding hydrogens is 264 g/mol. The van der Waals surface area contributed by atoms with E-state index in [-0.39, 0.29) is 5.56 Å². The number of hydrogen-bond donors (Lipinski definition) is 1. The number of halogens is 1. The van der Waals surface area contributed by atoms with Gasteiger partial charge in [0.15, 0.2) is 0 Å². The van der Waals surface area contributed by atoms with E-state index in [9.17, 15) is 4.79 Å². The van der Waals surface area contributed by atoms with Crippen molar-refractivity contribution in [1.82, 2.24) is 0 Å². The number of ether oxygens (including phenoxy) is 1. The lowest BCUT2D eigenvalue weighted by Crippen LogP contribution is -1.95. The highest BCUT2D eigenvalue weighted by Gasteiger charge is 2.03. The number of hydrogen-bond acceptors (Lipinski definition) is 2. The van der Waals surface area contributed by atoms with E-state index in [4.69, 9.17) is 21.4 Å². The molecule has 0 unspecified atom stereocenters. The molecule has 0 saturated heterocycles. The van der Waals surface area contributed by atoms with Crippen molar-refractivity contribution >= 4 is 17.6 Å². The van der Waals surface area contributed by atoms with Crippen molar-refractivity contribution in [1.29, 1.82) is 0 Å². The molecule has 4 heteroatoms. The van der Waals surface area contributed by atoms with E-state index in [0.29, 0.717) is 16.5 Å². The molecule has 100 valence electrons. The monoisotopic (exact) mass is 278 g/mol. The van der Waals surface area contributed by atoms with Gasteiger partial charge in [-0.3, -0.25) is 0 Å². The Morgan fingerprint density at radius 3 is 2.21 bits per heavy atom. The highest BCUT2D eigenvalue weighted by Crippen LogP contribution is 2.24. The van der Waals surface area contributed by atoms with Gasteiger partial charge in [0.2, 0.25) is 0 Å². The first-order valence-corrected chi connectivity index (χ1v) is 6.30. The molecule has 2 rings (SSSR count). The highest BCUT2D eigenvalue weighted by molar-refractivity contribution is 6.30. The maximum absolute atomic E-state index is 10.7. The molecule has 1 N–H and O–H groups in total. The fourth-order valence-corrected chi connectivity index (χ4v) is 1.51. The van der Waals surface area contributed by atoms with Gasteiger partial charge in [-0.2, -0.15) is 0 Å². The second kappa shape index (κ2) is 7.44. The summed E-state index contributed by atoms with van der Waals surface area (Å²) in [6, 6.07) is 13.2. The Bertz CT molecular complexity index is 535. The Morgan fingerprint density at radius 2 is 1.68 bits per heavy atom. The van der Waals surface area contributed by atoms with Crippen LogP contribution in [-0.2, 0) is 0 Å². The van der Waals surface area contributed by atoms with Crippen molar-refractivity contribution in [2.24, 2.45) is 0 Å². The zero-order valence-electron chi connectivity index (χ0n) is 10.8. The molecule has 0 heterocycles. The van der Waals surface area contributed by atoms with Crippen molar-refractivity contribution in [2.45, 2.75) is 13.8 Å². The van der Waals surface area contributed by atoms with E-state index in [0.717, 1.165) is 0 Å². The van der Waals surface area contributed by atoms with Gasteiger partial charge >= 0.3 is 5.97 Å². The number of benzene rings is 2. The maximum Gasteiger partial charge on any atom is 0.335 e. The zero-order chi connectivity index (χ0) is 14.3. The second-order valence-electron chi connectivity index (χ2n) is 3.39. The summed E-state index contributed by atoms with van der Waals surface area (Å²) in [6.07, 6.45) is 0. The molecule has 0 aromatic heterocycles. The first-order chi connectivity index (χ1) is 9.15. The Kier molecular flexibility index (Phi) is 5.90. The molecule has 2 aromatic rings. The van der Waals surface area contributed by atoms with E-state index in [2.05, 4.69) is 0 Å². The van der Waals surface area contributed by atoms with Crippen LogP contribution in [-0.4, -0.2) is 11.1 Å². The molecule has 0 aliphatic rings. The maximum atomic E-state index is 10.7. The van der Waals surface area contributed by atoms with E-state index < -0.39 is 5.97 Å². The molecule has 2 aromatic carbocycles. The van der Waals surface area contributed by atoms with Crippen LogP contribution in [0.4, 0.5) is 0 Å². The summed E-state index contributed by atoms with van der Waals surface area (Å²) in [7, 11) is 0. The predicted molar refractivity (Wildman–Crippen MR) is 76.3 cm³/mol. The lowest BCUT2D eigenvalue weighted by Gasteiger charge is -2.05. The van der Waals surface area contributed by atoms with E-state index in [1.807, 2.05) is 13.8 Å². The molecule has 0 atom stereocenters. The minimum Gasteiger partial charge on any atom is -0.478 e. The summed E-state index contributed by atoms with van der Waals surface area (Å²) in [6.45, 7) is 4.00. The predicted octanol–water partition coefficient (Wildman–Crippen LogP) is 4.86. The molecule has 0 radical (unpaired) electrons. The minimum atomic E-state index is -0.959. The van der Waals surface area contributed by atoms with Crippen molar-refractivity contribution < 1.29 is 14.6 Å². The number of aromatic carboxylic acids is 1. The quantitative estimate of drug-likeness (QED) is 0.872. The first-order valence-electron chi connectivity index (χ1n) is 5.92. The largest absolute Gasteiger partial charge is 0.478 e. The van der Waals surface area contributed by atoms with E-state index >= 15 is 0 Å². The van der Waals surface area contributed by atoms with Gasteiger partial charge in [-0.05, 0) is 42.5 Å². The third-order valence-electron chi connectivity index (χ3n) is 2.13. The summed E-state index contributed by atoms with van der Waals surface area (Å²) < 4.78 is 5.52. The average Bonchev–Trinajstić information content (AvgIpc) is 2.41. The van der Waals surface area contributed by atoms with Crippen LogP contribution in [0.2, 0.25) is 5.02 Å². The summed E-state index contributed by atoms with van der Waals surface area (Å²) in [4.78, 5) is 10.7. The normalized spacial score (nSPS) is 9.21. The lowest BCUT2D eigenvalue weighted by molar-refractivity contribution is 0.0697. The summed E-state index contributed by atoms with van der Waals surface area (Å²) in [5.74, 6) is 0.220. The molecule has 0 amide bonds. The zero-order valence-corrected chi connectivity index (χ0v) is 11.5. The summed E-state index contributed by atoms with van der Waals surface area (Å²) in [5.41, 5.74) is 0.225. The molecule has 0 bridgehead atoms. The molecule has 0 aliphatic carbocycles. The molecule has 0 saturated carbocycles. The molecule has 0 fully saturated rings. The molecule has 0 aliphatic heterocycles. The standard InChI is InChI=1S/C13H9ClO3.C2H6/c14-10-2-1-3-12(8-10)17-11-6-4-9(5-7-11)13(15)16;1-2/h1-8H,(H,15,16);1-2H3. The van der Waals surface area contributed by atoms with Gasteiger partial charge in [0.1, 0.15) is 11.5 Å². The van der Waals surface area contributed by atoms with Gasteiger partial charge in [0.25, 0.3) is 0 Å². The summed E-state index contributed by atoms with van der Waals surface area (Å²) in [5, 5.41) is 9.33. The topological polar surface area (TPSA) is 46.5 Å². The minimum absolute atomic E-state index is 0.225. The molecule has 19 heavy (non-hydrogen) atoms. The Labute approximate surface area is 117 Å². The van der Waals surface area contributed by atoms with Crippen LogP contribution in [0.25, 0.3) is 0 Å². The second-order valence-corrected chi connectivity index (χ2v) is 3.83. The third-order valence-corrected chi connectivity index (χ3v) is 2.37. The van der Waals surface area contributed by atoms with Gasteiger partial charge in [-0.1, -0.05) is 31.5 Å². The fraction of sp³-hybridized carbons (Fsp3) is 0.133. The summed E-state index contributed by atoms with van der Waals surface area (Å²) >= 11 is 5.82. The number of carboxylic acids is 1. The number of rotatable bonds is 3. The number of carboxylic acid groups (broad SMARTS) is 1. The average molecular weight is 279 g/mol. The van der Waals surface area contributed by atoms with Crippen LogP contribution in [0.5, 0.6) is 11.5 Å². The van der Waals surface area contributed by atoms with Crippen LogP contribution >= 0.6 is 11.6 Å². The Morgan fingerprint density at radius 1 is 1.05 bits per heavy atom. The van der Waals surface area contributed by atoms with Gasteiger partial charge in [-0.25, -0.2) is 4.79 Å². The van der Waals surface area contributed by atoms with Crippen molar-refractivity contribution in [2.75, 3.05) is 0 Å². The third kappa shape index (κ3) is 4.64. The van der Waals surface area contributed by atoms with Crippen LogP contribution < -0.4 is 4.74 Å². The van der Waals surface area contributed by atoms with Gasteiger partial charge in [0.05, 0.1) is 5.56 Å². The lowest BCUT2D eigenvalue weighted by atomic mass is 10.2. The van der Waals surface area contributed by atoms with Crippen molar-refractivity contribution in [3.05, 3.63) is 59.1 Å². The number of carbonyl (C=O) groups is 1. The van der Waals surface area contributed by atoms with Gasteiger partial charge < -0.3 is 9.84 Å². The highest BCUT2D eigenvalue weighted by atomic mass is 35.5. The first kappa shape index (κ1) is 15.1. The van der Waals surface area contributed by atoms with Gasteiger partial charge in [0, 0.05) is 5.02 Å². The Hall–Kier alpha value is -2.00. The molecular formula is C15H15ClO3. The SMILES string of the molecule is CC.O=C(O)c1ccc(Oc2cccc(Cl)c2)cc1. The molecule has 0 spiro atoms. The van der Waals surface area contributed by atoms with Crippen molar-refractivity contribution in [3.8, 4) is 11.5 Å². The molecule has 3 nitrogen and oxygen atoms in total. The van der Waals surface area contributed by atoms with Crippen LogP contribution in [0, 0.1) is 0 Å². The van der Waals surface area contributed by atoms with Crippen molar-refractivity contribution in [3.63, 3.8) is 0 Å². The van der Waals surface area contributed by atoms with Crippen LogP contribution in [0.1, 0.15) is 24.2 Å². The van der Waals surface area contributed by atoms with E-state index in [1.165, 1.54) is 12.1 Å². The fourth-order valence-electron chi connectivity index (χ4n) is 1.33. The van der Waals surface area contributed by atoms with Crippen LogP contribution in [0.15, 0.2) is 48.5 Å². The van der Waals surface area contributed by atoms with Crippen LogP contribution in [0.3, 0.4) is 0 Å². The Balaban J connectivity index is 0.000000861.